The Morgan fingerprint density at radius 1 is 1.14 bits per heavy atom. The Hall–Kier alpha value is -3.55. The number of nitrogens with one attached hydrogen (secondary N) is 1. The van der Waals surface area contributed by atoms with Gasteiger partial charge in [-0.25, -0.2) is 4.98 Å². The van der Waals surface area contributed by atoms with Crippen molar-refractivity contribution in [2.24, 2.45) is 0 Å². The number of amides is 1. The van der Waals surface area contributed by atoms with Crippen LogP contribution in [0.25, 0.3) is 10.8 Å². The number of aromatic amines is 1. The Balaban J connectivity index is 1.43. The van der Waals surface area contributed by atoms with Gasteiger partial charge in [-0.05, 0) is 24.3 Å². The van der Waals surface area contributed by atoms with Gasteiger partial charge in [-0.2, -0.15) is 0 Å². The molecule has 0 saturated heterocycles. The first kappa shape index (κ1) is 16.4. The van der Waals surface area contributed by atoms with Crippen molar-refractivity contribution in [1.29, 1.82) is 0 Å². The minimum absolute atomic E-state index is 0.0386. The minimum Gasteiger partial charge on any atom is -0.417 e. The van der Waals surface area contributed by atoms with Gasteiger partial charge in [0.25, 0.3) is 0 Å². The molecule has 144 valence electrons. The second kappa shape index (κ2) is 6.23. The lowest BCUT2D eigenvalue weighted by Gasteiger charge is -2.33. The highest BCUT2D eigenvalue weighted by molar-refractivity contribution is 5.90. The van der Waals surface area contributed by atoms with Gasteiger partial charge in [0.05, 0.1) is 17.7 Å². The van der Waals surface area contributed by atoms with Crippen molar-refractivity contribution < 1.29 is 9.21 Å². The van der Waals surface area contributed by atoms with Crippen LogP contribution < -0.4 is 0 Å². The quantitative estimate of drug-likeness (QED) is 0.581. The number of nitrogens with zero attached hydrogens (tertiary/aromatic N) is 5. The summed E-state index contributed by atoms with van der Waals surface area (Å²) in [5.74, 6) is 0.627. The zero-order valence-electron chi connectivity index (χ0n) is 15.6. The van der Waals surface area contributed by atoms with Crippen molar-refractivity contribution in [3.8, 4) is 0 Å². The molecule has 0 radical (unpaired) electrons. The summed E-state index contributed by atoms with van der Waals surface area (Å²) < 4.78 is 5.68. The highest BCUT2D eigenvalue weighted by Gasteiger charge is 2.38. The first-order valence-electron chi connectivity index (χ1n) is 9.79. The van der Waals surface area contributed by atoms with Crippen molar-refractivity contribution in [2.75, 3.05) is 6.54 Å². The van der Waals surface area contributed by atoms with Crippen LogP contribution in [0.15, 0.2) is 47.3 Å². The number of fused-ring (bicyclic) bond motifs is 2. The monoisotopic (exact) mass is 386 g/mol. The maximum absolute atomic E-state index is 13.3. The average molecular weight is 386 g/mol. The molecule has 8 nitrogen and oxygen atoms in total. The molecule has 1 aliphatic heterocycles. The van der Waals surface area contributed by atoms with Crippen LogP contribution in [0.2, 0.25) is 0 Å². The molecule has 1 fully saturated rings. The van der Waals surface area contributed by atoms with Crippen LogP contribution in [0.4, 0.5) is 0 Å². The fourth-order valence-electron chi connectivity index (χ4n) is 3.98. The highest BCUT2D eigenvalue weighted by Crippen LogP contribution is 2.39. The van der Waals surface area contributed by atoms with Crippen molar-refractivity contribution in [3.63, 3.8) is 0 Å². The predicted molar refractivity (Wildman–Crippen MR) is 103 cm³/mol. The van der Waals surface area contributed by atoms with Gasteiger partial charge in [-0.1, -0.05) is 24.3 Å². The van der Waals surface area contributed by atoms with Gasteiger partial charge in [-0.3, -0.25) is 9.78 Å². The number of hydrogen-bond acceptors (Lipinski definition) is 6. The molecule has 1 aromatic carbocycles. The number of carbonyl (C=O) groups excluding carboxylic acids is 1. The summed E-state index contributed by atoms with van der Waals surface area (Å²) in [4.78, 5) is 27.4. The van der Waals surface area contributed by atoms with Crippen molar-refractivity contribution in [3.05, 3.63) is 71.7 Å². The Morgan fingerprint density at radius 3 is 2.86 bits per heavy atom. The largest absolute Gasteiger partial charge is 0.417 e. The average Bonchev–Trinajstić information content (AvgIpc) is 3.29. The summed E-state index contributed by atoms with van der Waals surface area (Å²) in [6.45, 7) is 0.522. The standard InChI is InChI=1S/C21H18N6O2/c28-21(20-26-25-19(29-20)12-5-6-12)27-8-7-15-17(24-11-23-15)18(27)16-9-13-3-1-2-4-14(13)10-22-16/h1-4,9-12,18H,5-8H2,(H,23,24)/t18-/m1/s1. The van der Waals surface area contributed by atoms with Crippen molar-refractivity contribution in [2.45, 2.75) is 31.2 Å². The molecule has 1 N–H and O–H groups in total. The van der Waals surface area contributed by atoms with Gasteiger partial charge in [0.15, 0.2) is 0 Å². The predicted octanol–water partition coefficient (Wildman–Crippen LogP) is 3.01. The van der Waals surface area contributed by atoms with Crippen LogP contribution >= 0.6 is 0 Å². The second-order valence-electron chi connectivity index (χ2n) is 7.59. The third-order valence-corrected chi connectivity index (χ3v) is 5.67. The minimum atomic E-state index is -0.404. The van der Waals surface area contributed by atoms with E-state index >= 15 is 0 Å². The zero-order valence-corrected chi connectivity index (χ0v) is 15.6. The van der Waals surface area contributed by atoms with Gasteiger partial charge in [0.1, 0.15) is 6.04 Å². The molecule has 3 aromatic heterocycles. The van der Waals surface area contributed by atoms with Gasteiger partial charge in [0.2, 0.25) is 5.89 Å². The molecule has 1 atom stereocenters. The molecule has 4 aromatic rings. The van der Waals surface area contributed by atoms with Crippen molar-refractivity contribution >= 4 is 16.7 Å². The first-order chi connectivity index (χ1) is 14.3. The van der Waals surface area contributed by atoms with Crippen LogP contribution in [-0.2, 0) is 6.42 Å². The lowest BCUT2D eigenvalue weighted by atomic mass is 9.98. The molecular formula is C21H18N6O2. The molecular weight excluding hydrogens is 368 g/mol. The van der Waals surface area contributed by atoms with Gasteiger partial charge >= 0.3 is 11.8 Å². The lowest BCUT2D eigenvalue weighted by molar-refractivity contribution is 0.0644. The molecule has 0 bridgehead atoms. The van der Waals surface area contributed by atoms with E-state index in [1.54, 1.807) is 11.2 Å². The smallest absolute Gasteiger partial charge is 0.312 e. The summed E-state index contributed by atoms with van der Waals surface area (Å²) in [5, 5.41) is 10.2. The number of imidazole rings is 1. The molecule has 2 aliphatic rings. The normalized spacial score (nSPS) is 18.8. The third-order valence-electron chi connectivity index (χ3n) is 5.67. The molecule has 29 heavy (non-hydrogen) atoms. The van der Waals surface area contributed by atoms with Gasteiger partial charge in [0, 0.05) is 36.2 Å². The second-order valence-corrected chi connectivity index (χ2v) is 7.59. The Kier molecular flexibility index (Phi) is 3.53. The summed E-state index contributed by atoms with van der Waals surface area (Å²) in [6, 6.07) is 9.66. The SMILES string of the molecule is O=C(c1nnc(C2CC2)o1)N1CCc2[nH]cnc2[C@H]1c1cc2ccccc2cn1. The summed E-state index contributed by atoms with van der Waals surface area (Å²) in [7, 11) is 0. The van der Waals surface area contributed by atoms with Crippen LogP contribution in [0.5, 0.6) is 0 Å². The lowest BCUT2D eigenvalue weighted by Crippen LogP contribution is -2.41. The van der Waals surface area contributed by atoms with Crippen LogP contribution in [0.1, 0.15) is 58.5 Å². The van der Waals surface area contributed by atoms with Crippen LogP contribution in [0, 0.1) is 0 Å². The molecule has 6 rings (SSSR count). The van der Waals surface area contributed by atoms with E-state index in [0.29, 0.717) is 24.8 Å². The third kappa shape index (κ3) is 2.71. The Labute approximate surface area is 166 Å². The van der Waals surface area contributed by atoms with E-state index in [0.717, 1.165) is 40.7 Å². The van der Waals surface area contributed by atoms with Crippen LogP contribution in [0.3, 0.4) is 0 Å². The maximum atomic E-state index is 13.3. The number of rotatable bonds is 3. The highest BCUT2D eigenvalue weighted by atomic mass is 16.4. The van der Waals surface area contributed by atoms with Gasteiger partial charge < -0.3 is 14.3 Å². The fourth-order valence-corrected chi connectivity index (χ4v) is 3.98. The molecule has 1 aliphatic carbocycles. The summed E-state index contributed by atoms with van der Waals surface area (Å²) >= 11 is 0. The molecule has 1 saturated carbocycles. The number of aromatic nitrogens is 5. The van der Waals surface area contributed by atoms with Crippen molar-refractivity contribution in [1.82, 2.24) is 30.0 Å². The van der Waals surface area contributed by atoms with E-state index in [1.165, 1.54) is 0 Å². The van der Waals surface area contributed by atoms with E-state index < -0.39 is 6.04 Å². The van der Waals surface area contributed by atoms with E-state index in [2.05, 4.69) is 25.1 Å². The molecule has 0 spiro atoms. The first-order valence-corrected chi connectivity index (χ1v) is 9.79. The van der Waals surface area contributed by atoms with E-state index in [4.69, 9.17) is 4.42 Å². The molecule has 0 unspecified atom stereocenters. The Morgan fingerprint density at radius 2 is 2.00 bits per heavy atom. The van der Waals surface area contributed by atoms with E-state index in [1.807, 2.05) is 36.5 Å². The van der Waals surface area contributed by atoms with Gasteiger partial charge in [-0.15, -0.1) is 10.2 Å². The maximum Gasteiger partial charge on any atom is 0.312 e. The van der Waals surface area contributed by atoms with E-state index in [9.17, 15) is 4.79 Å². The zero-order chi connectivity index (χ0) is 19.4. The Bertz CT molecular complexity index is 1220. The summed E-state index contributed by atoms with van der Waals surface area (Å²) in [6.07, 6.45) is 6.28. The number of carbonyl (C=O) groups is 1. The number of benzene rings is 1. The number of H-pyrrole nitrogens is 1. The summed E-state index contributed by atoms with van der Waals surface area (Å²) in [5.41, 5.74) is 2.61. The number of hydrogen-bond donors (Lipinski definition) is 1. The van der Waals surface area contributed by atoms with Crippen LogP contribution in [-0.4, -0.2) is 42.5 Å². The fraction of sp³-hybridized carbons (Fsp3) is 0.286. The van der Waals surface area contributed by atoms with E-state index in [-0.39, 0.29) is 11.8 Å². The topological polar surface area (TPSA) is 101 Å². The number of pyridine rings is 1. The molecule has 4 heterocycles. The molecule has 1 amide bonds. The molecule has 8 heteroatoms.